The summed E-state index contributed by atoms with van der Waals surface area (Å²) in [5.41, 5.74) is 3.81. The molecule has 36 heavy (non-hydrogen) atoms. The molecule has 0 aliphatic heterocycles. The van der Waals surface area contributed by atoms with Gasteiger partial charge in [-0.15, -0.1) is 0 Å². The van der Waals surface area contributed by atoms with Gasteiger partial charge in [-0.05, 0) is 45.3 Å². The lowest BCUT2D eigenvalue weighted by molar-refractivity contribution is -0.388. The summed E-state index contributed by atoms with van der Waals surface area (Å²) in [6.07, 6.45) is 4.65. The first-order valence-electron chi connectivity index (χ1n) is 11.8. The minimum atomic E-state index is -0.532. The summed E-state index contributed by atoms with van der Waals surface area (Å²) in [5, 5.41) is 29.1. The van der Waals surface area contributed by atoms with Gasteiger partial charge >= 0.3 is 5.82 Å². The van der Waals surface area contributed by atoms with Crippen LogP contribution in [0.5, 0.6) is 0 Å². The molecule has 0 saturated heterocycles. The number of hydrogen-bond acceptors (Lipinski definition) is 6. The van der Waals surface area contributed by atoms with E-state index in [1.807, 2.05) is 58.0 Å². The van der Waals surface area contributed by atoms with Crippen molar-refractivity contribution in [3.05, 3.63) is 106 Å². The van der Waals surface area contributed by atoms with E-state index < -0.39 is 4.92 Å². The molecule has 0 spiro atoms. The van der Waals surface area contributed by atoms with Crippen LogP contribution in [0.4, 0.5) is 5.82 Å². The smallest absolute Gasteiger partial charge is 0.372 e. The summed E-state index contributed by atoms with van der Waals surface area (Å²) >= 11 is 0. The number of nitro groups is 1. The maximum atomic E-state index is 11.5. The number of H-pyrrole nitrogens is 1. The van der Waals surface area contributed by atoms with Gasteiger partial charge in [0.15, 0.2) is 0 Å². The van der Waals surface area contributed by atoms with Crippen LogP contribution in [0.25, 0.3) is 28.6 Å². The summed E-state index contributed by atoms with van der Waals surface area (Å²) in [4.78, 5) is 22.7. The van der Waals surface area contributed by atoms with E-state index in [-0.39, 0.29) is 12.4 Å². The van der Waals surface area contributed by atoms with Crippen molar-refractivity contribution in [1.82, 2.24) is 15.0 Å². The average Bonchev–Trinajstić information content (AvgIpc) is 3.38. The Balaban J connectivity index is 0.00000109. The second-order valence-electron chi connectivity index (χ2n) is 6.95. The van der Waals surface area contributed by atoms with Crippen molar-refractivity contribution in [3.8, 4) is 22.5 Å². The Hall–Kier alpha value is -4.43. The predicted molar refractivity (Wildman–Crippen MR) is 145 cm³/mol. The van der Waals surface area contributed by atoms with Crippen LogP contribution in [0.2, 0.25) is 0 Å². The average molecular weight is 486 g/mol. The first-order valence-corrected chi connectivity index (χ1v) is 11.8. The fraction of sp³-hybridized carbons (Fsp3) is 0.179. The van der Waals surface area contributed by atoms with Gasteiger partial charge in [0, 0.05) is 5.56 Å². The normalized spacial score (nSPS) is 10.1. The Kier molecular flexibility index (Phi) is 10.9. The summed E-state index contributed by atoms with van der Waals surface area (Å²) < 4.78 is 0. The third-order valence-electron chi connectivity index (χ3n) is 4.85. The monoisotopic (exact) mass is 485 g/mol. The Morgan fingerprint density at radius 3 is 2.31 bits per heavy atom. The molecule has 2 heterocycles. The van der Waals surface area contributed by atoms with Gasteiger partial charge in [-0.1, -0.05) is 82.3 Å². The summed E-state index contributed by atoms with van der Waals surface area (Å²) in [5.74, 6) is 0.164. The van der Waals surface area contributed by atoms with Crippen molar-refractivity contribution in [1.29, 1.82) is 5.41 Å². The van der Waals surface area contributed by atoms with Gasteiger partial charge < -0.3 is 25.6 Å². The number of aliphatic hydroxyl groups excluding tert-OH is 1. The molecule has 4 rings (SSSR count). The molecule has 0 bridgehead atoms. The number of rotatable bonds is 7. The fourth-order valence-corrected chi connectivity index (χ4v) is 3.26. The molecule has 0 aliphatic rings. The molecule has 0 amide bonds. The van der Waals surface area contributed by atoms with Gasteiger partial charge in [-0.3, -0.25) is 0 Å². The van der Waals surface area contributed by atoms with Gasteiger partial charge in [0.2, 0.25) is 0 Å². The first-order chi connectivity index (χ1) is 17.6. The lowest BCUT2D eigenvalue weighted by Gasteiger charge is -2.04. The number of aromatic amines is 1. The molecule has 0 saturated carbocycles. The Labute approximate surface area is 211 Å². The fourth-order valence-electron chi connectivity index (χ4n) is 3.26. The molecule has 0 radical (unpaired) electrons. The maximum absolute atomic E-state index is 11.5. The molecule has 0 fully saturated rings. The topological polar surface area (TPSA) is 129 Å². The van der Waals surface area contributed by atoms with E-state index in [1.165, 1.54) is 6.20 Å². The third kappa shape index (κ3) is 6.80. The molecule has 8 nitrogen and oxygen atoms in total. The number of hydrogen-bond donors (Lipinski definition) is 3. The summed E-state index contributed by atoms with van der Waals surface area (Å²) in [6, 6.07) is 19.7. The Bertz CT molecular complexity index is 1300. The van der Waals surface area contributed by atoms with E-state index in [4.69, 9.17) is 5.41 Å². The number of nitrogens with zero attached hydrogens (tertiary/aromatic N) is 3. The van der Waals surface area contributed by atoms with Gasteiger partial charge in [-0.25, -0.2) is 4.98 Å². The number of benzene rings is 2. The van der Waals surface area contributed by atoms with Crippen LogP contribution in [0.1, 0.15) is 44.6 Å². The van der Waals surface area contributed by atoms with Crippen molar-refractivity contribution in [2.45, 2.75) is 34.3 Å². The van der Waals surface area contributed by atoms with Gasteiger partial charge in [-0.2, -0.15) is 0 Å². The lowest BCUT2D eigenvalue weighted by Crippen LogP contribution is -1.96. The Morgan fingerprint density at radius 1 is 1.03 bits per heavy atom. The number of imidazole rings is 1. The summed E-state index contributed by atoms with van der Waals surface area (Å²) in [6.45, 7) is 7.91. The molecule has 0 atom stereocenters. The number of allylic oxidation sites excluding steroid dienone is 1. The molecule has 2 aromatic carbocycles. The minimum Gasteiger partial charge on any atom is -0.392 e. The molecule has 186 valence electrons. The van der Waals surface area contributed by atoms with Crippen molar-refractivity contribution < 1.29 is 10.0 Å². The SMILES string of the molecule is CC.CC.N=C(/C=C\c1nc(-c2ccc(CO)cc2)c(-c2cccnc2[N+](=O)[O-])[nH]1)c1ccccc1. The minimum absolute atomic E-state index is 0.0859. The standard InChI is InChI=1S/C24H19N5O3.2C2H6/c25-20(17-5-2-1-3-6-17)12-13-21-27-22(18-10-8-16(15-30)9-11-18)23(28-21)19-7-4-14-26-24(19)29(31)32;2*1-2/h1-14,25,30H,15H2,(H,27,28);2*1-2H3/b13-12-,25-20?;;. The van der Waals surface area contributed by atoms with E-state index in [1.54, 1.807) is 48.6 Å². The van der Waals surface area contributed by atoms with E-state index in [0.717, 1.165) is 16.7 Å². The zero-order valence-corrected chi connectivity index (χ0v) is 20.9. The van der Waals surface area contributed by atoms with Crippen LogP contribution < -0.4 is 0 Å². The largest absolute Gasteiger partial charge is 0.392 e. The van der Waals surface area contributed by atoms with Crippen molar-refractivity contribution >= 4 is 17.6 Å². The number of pyridine rings is 1. The summed E-state index contributed by atoms with van der Waals surface area (Å²) in [7, 11) is 0. The second kappa shape index (κ2) is 14.1. The third-order valence-corrected chi connectivity index (χ3v) is 4.85. The first kappa shape index (κ1) is 27.8. The molecule has 8 heteroatoms. The molecule has 2 aromatic heterocycles. The van der Waals surface area contributed by atoms with E-state index in [2.05, 4.69) is 15.0 Å². The molecule has 3 N–H and O–H groups in total. The van der Waals surface area contributed by atoms with Crippen molar-refractivity contribution in [2.75, 3.05) is 0 Å². The van der Waals surface area contributed by atoms with Crippen molar-refractivity contribution in [3.63, 3.8) is 0 Å². The molecule has 0 aliphatic carbocycles. The molecular formula is C28H31N5O3. The van der Waals surface area contributed by atoms with E-state index in [9.17, 15) is 15.2 Å². The second-order valence-corrected chi connectivity index (χ2v) is 6.95. The Morgan fingerprint density at radius 2 is 1.69 bits per heavy atom. The highest BCUT2D eigenvalue weighted by atomic mass is 16.6. The van der Waals surface area contributed by atoms with Crippen molar-refractivity contribution in [2.24, 2.45) is 0 Å². The lowest BCUT2D eigenvalue weighted by atomic mass is 10.0. The number of aromatic nitrogens is 3. The van der Waals surface area contributed by atoms with Crippen LogP contribution in [-0.2, 0) is 6.61 Å². The van der Waals surface area contributed by atoms with Gasteiger partial charge in [0.05, 0.1) is 29.3 Å². The van der Waals surface area contributed by atoms with Crippen LogP contribution in [-0.4, -0.2) is 30.7 Å². The maximum Gasteiger partial charge on any atom is 0.372 e. The number of nitrogens with one attached hydrogen (secondary N) is 2. The number of aliphatic hydroxyl groups is 1. The van der Waals surface area contributed by atoms with Crippen LogP contribution in [0, 0.1) is 15.5 Å². The zero-order valence-electron chi connectivity index (χ0n) is 20.9. The highest BCUT2D eigenvalue weighted by Gasteiger charge is 2.22. The highest BCUT2D eigenvalue weighted by molar-refractivity contribution is 6.08. The highest BCUT2D eigenvalue weighted by Crippen LogP contribution is 2.34. The zero-order chi connectivity index (χ0) is 26.5. The van der Waals surface area contributed by atoms with Crippen LogP contribution in [0.3, 0.4) is 0 Å². The molecule has 4 aromatic rings. The molecule has 0 unspecified atom stereocenters. The van der Waals surface area contributed by atoms with Crippen LogP contribution >= 0.6 is 0 Å². The molecular weight excluding hydrogens is 454 g/mol. The van der Waals surface area contributed by atoms with Gasteiger partial charge in [0.1, 0.15) is 12.0 Å². The van der Waals surface area contributed by atoms with Crippen LogP contribution in [0.15, 0.2) is 79.0 Å². The van der Waals surface area contributed by atoms with E-state index >= 15 is 0 Å². The predicted octanol–water partition coefficient (Wildman–Crippen LogP) is 6.67. The quantitative estimate of drug-likeness (QED) is 0.153. The van der Waals surface area contributed by atoms with E-state index in [0.29, 0.717) is 28.5 Å². The van der Waals surface area contributed by atoms with Gasteiger partial charge in [0.25, 0.3) is 0 Å².